The van der Waals surface area contributed by atoms with E-state index >= 15 is 0 Å². The molecule has 7 aromatic rings. The van der Waals surface area contributed by atoms with Crippen molar-refractivity contribution in [2.24, 2.45) is 0 Å². The molecule has 8 rings (SSSR count). The van der Waals surface area contributed by atoms with E-state index in [1.165, 1.54) is 37.9 Å². The molecular weight excluding hydrogens is 426 g/mol. The van der Waals surface area contributed by atoms with Crippen LogP contribution in [0.1, 0.15) is 5.56 Å². The van der Waals surface area contributed by atoms with Gasteiger partial charge in [-0.15, -0.1) is 0 Å². The smallest absolute Gasteiger partial charge is 0.135 e. The summed E-state index contributed by atoms with van der Waals surface area (Å²) in [6, 6.07) is 38.6. The van der Waals surface area contributed by atoms with Crippen molar-refractivity contribution in [3.63, 3.8) is 0 Å². The second-order valence-corrected chi connectivity index (χ2v) is 9.23. The van der Waals surface area contributed by atoms with E-state index < -0.39 is 0 Å². The molecule has 1 aliphatic heterocycles. The first-order valence-corrected chi connectivity index (χ1v) is 11.8. The van der Waals surface area contributed by atoms with Crippen LogP contribution in [-0.4, -0.2) is 0 Å². The topological polar surface area (TPSA) is 33.0 Å². The van der Waals surface area contributed by atoms with Gasteiger partial charge >= 0.3 is 0 Å². The molecule has 35 heavy (non-hydrogen) atoms. The highest BCUT2D eigenvalue weighted by Gasteiger charge is 2.22. The first-order valence-electron chi connectivity index (χ1n) is 11.8. The van der Waals surface area contributed by atoms with Gasteiger partial charge in [0.25, 0.3) is 0 Å². The molecule has 0 radical (unpaired) electrons. The maximum atomic E-state index is 9.56. The molecule has 7 aromatic carbocycles. The summed E-state index contributed by atoms with van der Waals surface area (Å²) in [5, 5.41) is 19.2. The van der Waals surface area contributed by atoms with Gasteiger partial charge in [-0.05, 0) is 73.3 Å². The van der Waals surface area contributed by atoms with E-state index in [4.69, 9.17) is 4.74 Å². The van der Waals surface area contributed by atoms with Gasteiger partial charge in [-0.3, -0.25) is 0 Å². The van der Waals surface area contributed by atoms with Crippen molar-refractivity contribution < 1.29 is 4.74 Å². The molecule has 2 nitrogen and oxygen atoms in total. The predicted octanol–water partition coefficient (Wildman–Crippen LogP) is 9.05. The van der Waals surface area contributed by atoms with E-state index in [9.17, 15) is 5.26 Å². The fraction of sp³-hybridized carbons (Fsp3) is 0. The Labute approximate surface area is 201 Å². The van der Waals surface area contributed by atoms with Crippen LogP contribution in [0.2, 0.25) is 0 Å². The average molecular weight is 444 g/mol. The van der Waals surface area contributed by atoms with Crippen molar-refractivity contribution in [1.29, 1.82) is 5.26 Å². The van der Waals surface area contributed by atoms with Gasteiger partial charge in [-0.2, -0.15) is 5.26 Å². The van der Waals surface area contributed by atoms with Gasteiger partial charge in [0.1, 0.15) is 11.5 Å². The lowest BCUT2D eigenvalue weighted by Crippen LogP contribution is -1.98. The van der Waals surface area contributed by atoms with Crippen molar-refractivity contribution in [1.82, 2.24) is 0 Å². The lowest BCUT2D eigenvalue weighted by atomic mass is 9.88. The Hall–Kier alpha value is -4.87. The molecular formula is C33H17NO. The molecule has 0 bridgehead atoms. The standard InChI is InChI=1S/C33H17NO/c34-18-23-12-16-28-26-14-11-22(17-30(26)35-29-6-2-5-25(23)33(28)29)24-13-9-21-8-7-19-3-1-4-20-10-15-27(24)32(21)31(19)20/h1-17H. The Morgan fingerprint density at radius 2 is 1.23 bits per heavy atom. The maximum Gasteiger partial charge on any atom is 0.135 e. The first kappa shape index (κ1) is 18.5. The van der Waals surface area contributed by atoms with Gasteiger partial charge in [0.2, 0.25) is 0 Å². The minimum Gasteiger partial charge on any atom is -0.456 e. The molecule has 0 N–H and O–H groups in total. The molecule has 1 aliphatic rings. The van der Waals surface area contributed by atoms with Crippen molar-refractivity contribution in [3.8, 4) is 39.8 Å². The molecule has 0 saturated heterocycles. The zero-order valence-electron chi connectivity index (χ0n) is 18.7. The summed E-state index contributed by atoms with van der Waals surface area (Å²) in [5.74, 6) is 1.65. The summed E-state index contributed by atoms with van der Waals surface area (Å²) < 4.78 is 6.43. The monoisotopic (exact) mass is 443 g/mol. The van der Waals surface area contributed by atoms with Gasteiger partial charge in [0, 0.05) is 16.3 Å². The number of ether oxygens (including phenoxy) is 1. The highest BCUT2D eigenvalue weighted by molar-refractivity contribution is 6.25. The van der Waals surface area contributed by atoms with Crippen molar-refractivity contribution in [2.75, 3.05) is 0 Å². The number of hydrogen-bond donors (Lipinski definition) is 0. The first-order chi connectivity index (χ1) is 17.3. The molecule has 0 fully saturated rings. The Morgan fingerprint density at radius 1 is 0.514 bits per heavy atom. The molecule has 0 amide bonds. The van der Waals surface area contributed by atoms with Crippen LogP contribution in [0.3, 0.4) is 0 Å². The Kier molecular flexibility index (Phi) is 3.49. The van der Waals surface area contributed by atoms with Crippen molar-refractivity contribution in [3.05, 3.63) is 109 Å². The lowest BCUT2D eigenvalue weighted by molar-refractivity contribution is 0.487. The number of rotatable bonds is 1. The average Bonchev–Trinajstić information content (AvgIpc) is 2.91. The molecule has 0 saturated carbocycles. The van der Waals surface area contributed by atoms with Gasteiger partial charge in [-0.25, -0.2) is 0 Å². The van der Waals surface area contributed by atoms with E-state index in [0.717, 1.165) is 39.0 Å². The Balaban J connectivity index is 1.38. The minimum absolute atomic E-state index is 0.669. The maximum absolute atomic E-state index is 9.56. The van der Waals surface area contributed by atoms with Gasteiger partial charge in [-0.1, -0.05) is 78.9 Å². The van der Waals surface area contributed by atoms with Crippen LogP contribution in [0, 0.1) is 11.3 Å². The summed E-state index contributed by atoms with van der Waals surface area (Å²) >= 11 is 0. The van der Waals surface area contributed by atoms with E-state index in [0.29, 0.717) is 5.56 Å². The highest BCUT2D eigenvalue weighted by Crippen LogP contribution is 2.49. The van der Waals surface area contributed by atoms with Crippen LogP contribution < -0.4 is 4.74 Å². The van der Waals surface area contributed by atoms with Crippen LogP contribution in [0.4, 0.5) is 0 Å². The normalized spacial score (nSPS) is 12.2. The van der Waals surface area contributed by atoms with Crippen molar-refractivity contribution >= 4 is 43.1 Å². The second-order valence-electron chi connectivity index (χ2n) is 9.23. The third kappa shape index (κ3) is 2.42. The molecule has 160 valence electrons. The number of nitriles is 1. The summed E-state index contributed by atoms with van der Waals surface area (Å²) in [6.07, 6.45) is 0. The molecule has 0 aromatic heterocycles. The van der Waals surface area contributed by atoms with Gasteiger partial charge in [0.05, 0.1) is 11.6 Å². The van der Waals surface area contributed by atoms with E-state index in [-0.39, 0.29) is 0 Å². The molecule has 0 spiro atoms. The molecule has 2 heteroatoms. The van der Waals surface area contributed by atoms with Crippen LogP contribution in [-0.2, 0) is 0 Å². The van der Waals surface area contributed by atoms with Crippen LogP contribution >= 0.6 is 0 Å². The zero-order chi connectivity index (χ0) is 23.1. The summed E-state index contributed by atoms with van der Waals surface area (Å²) in [6.45, 7) is 0. The molecule has 0 aliphatic carbocycles. The van der Waals surface area contributed by atoms with E-state index in [2.05, 4.69) is 78.9 Å². The SMILES string of the molecule is N#Cc1ccc2c3c(cccc13)Oc1cc(-c3ccc4ccc5cccc6ccc3c4c56)ccc1-2. The summed E-state index contributed by atoms with van der Waals surface area (Å²) in [5.41, 5.74) is 5.16. The Bertz CT molecular complexity index is 2030. The fourth-order valence-corrected chi connectivity index (χ4v) is 5.88. The molecule has 0 atom stereocenters. The summed E-state index contributed by atoms with van der Waals surface area (Å²) in [7, 11) is 0. The van der Waals surface area contributed by atoms with Gasteiger partial charge < -0.3 is 4.74 Å². The quantitative estimate of drug-likeness (QED) is 0.237. The van der Waals surface area contributed by atoms with E-state index in [1.807, 2.05) is 30.3 Å². The number of nitrogens with zero attached hydrogens (tertiary/aromatic N) is 1. The molecule has 1 heterocycles. The predicted molar refractivity (Wildman–Crippen MR) is 143 cm³/mol. The Morgan fingerprint density at radius 3 is 2.09 bits per heavy atom. The zero-order valence-corrected chi connectivity index (χ0v) is 18.7. The van der Waals surface area contributed by atoms with Crippen molar-refractivity contribution in [2.45, 2.75) is 0 Å². The number of fused-ring (bicyclic) bond motifs is 2. The summed E-state index contributed by atoms with van der Waals surface area (Å²) in [4.78, 5) is 0. The van der Waals surface area contributed by atoms with E-state index in [1.54, 1.807) is 0 Å². The van der Waals surface area contributed by atoms with Crippen LogP contribution in [0.15, 0.2) is 103 Å². The third-order valence-corrected chi connectivity index (χ3v) is 7.45. The van der Waals surface area contributed by atoms with Gasteiger partial charge in [0.15, 0.2) is 0 Å². The number of benzene rings is 7. The van der Waals surface area contributed by atoms with Crippen LogP contribution in [0.5, 0.6) is 11.5 Å². The minimum atomic E-state index is 0.669. The highest BCUT2D eigenvalue weighted by atomic mass is 16.5. The van der Waals surface area contributed by atoms with Crippen LogP contribution in [0.25, 0.3) is 65.3 Å². The third-order valence-electron chi connectivity index (χ3n) is 7.45. The second kappa shape index (κ2) is 6.59. The largest absolute Gasteiger partial charge is 0.456 e. The number of hydrogen-bond acceptors (Lipinski definition) is 2. The lowest BCUT2D eigenvalue weighted by Gasteiger charge is -2.22. The fourth-order valence-electron chi connectivity index (χ4n) is 5.88. The molecule has 0 unspecified atom stereocenters.